The molecule has 1 aromatic heterocycles. The number of aromatic nitrogens is 2. The number of likely N-dealkylation sites (tertiary alicyclic amines) is 2. The largest absolute Gasteiger partial charge is 0.452 e. The van der Waals surface area contributed by atoms with E-state index in [1.165, 1.54) is 0 Å². The lowest BCUT2D eigenvalue weighted by molar-refractivity contribution is -0.144. The lowest BCUT2D eigenvalue weighted by atomic mass is 9.57. The van der Waals surface area contributed by atoms with Crippen molar-refractivity contribution >= 4 is 23.5 Å². The highest BCUT2D eigenvalue weighted by Gasteiger charge is 2.54. The van der Waals surface area contributed by atoms with E-state index in [9.17, 15) is 22.8 Å². The SMILES string of the molecule is NC(=O)[C@H]1CCN(C(=O)N2CC3(CC(Cc4nc(C(F)(F)F)ns4)C3)C2)C1. The van der Waals surface area contributed by atoms with Crippen molar-refractivity contribution in [2.45, 2.75) is 31.9 Å². The molecule has 3 aliphatic rings. The minimum absolute atomic E-state index is 0.0493. The zero-order valence-corrected chi connectivity index (χ0v) is 15.4. The van der Waals surface area contributed by atoms with E-state index in [-0.39, 0.29) is 23.3 Å². The summed E-state index contributed by atoms with van der Waals surface area (Å²) in [5, 5.41) is 0.420. The van der Waals surface area contributed by atoms with Crippen LogP contribution in [0.5, 0.6) is 0 Å². The first-order chi connectivity index (χ1) is 12.7. The number of amides is 3. The number of hydrogen-bond donors (Lipinski definition) is 1. The van der Waals surface area contributed by atoms with Gasteiger partial charge in [0.05, 0.1) is 5.92 Å². The summed E-state index contributed by atoms with van der Waals surface area (Å²) >= 11 is 0.814. The predicted molar refractivity (Wildman–Crippen MR) is 89.6 cm³/mol. The summed E-state index contributed by atoms with van der Waals surface area (Å²) in [4.78, 5) is 30.7. The first-order valence-corrected chi connectivity index (χ1v) is 9.65. The lowest BCUT2D eigenvalue weighted by Crippen LogP contribution is -2.65. The first kappa shape index (κ1) is 18.5. The summed E-state index contributed by atoms with van der Waals surface area (Å²) in [5.74, 6) is -1.39. The normalized spacial score (nSPS) is 24.8. The quantitative estimate of drug-likeness (QED) is 0.832. The van der Waals surface area contributed by atoms with E-state index in [0.717, 1.165) is 24.4 Å². The molecule has 0 aromatic carbocycles. The molecule has 7 nitrogen and oxygen atoms in total. The highest BCUT2D eigenvalue weighted by molar-refractivity contribution is 7.05. The summed E-state index contributed by atoms with van der Waals surface area (Å²) in [6, 6.07) is -0.0493. The molecule has 0 unspecified atom stereocenters. The van der Waals surface area contributed by atoms with Gasteiger partial charge >= 0.3 is 12.2 Å². The van der Waals surface area contributed by atoms with Crippen molar-refractivity contribution in [3.05, 3.63) is 10.8 Å². The number of carbonyl (C=O) groups excluding carboxylic acids is 2. The Morgan fingerprint density at radius 1 is 1.26 bits per heavy atom. The Hall–Kier alpha value is -1.91. The molecule has 3 amide bonds. The van der Waals surface area contributed by atoms with E-state index < -0.39 is 12.0 Å². The Kier molecular flexibility index (Phi) is 4.32. The van der Waals surface area contributed by atoms with E-state index in [0.29, 0.717) is 49.9 Å². The second-order valence-corrected chi connectivity index (χ2v) is 8.80. The third-order valence-electron chi connectivity index (χ3n) is 5.81. The molecular weight excluding hydrogens is 383 g/mol. The van der Waals surface area contributed by atoms with Crippen LogP contribution < -0.4 is 5.73 Å². The van der Waals surface area contributed by atoms with E-state index in [1.54, 1.807) is 9.80 Å². The standard InChI is InChI=1S/C16H20F3N5O2S/c17-16(18,19)13-21-11(27-22-13)3-9-4-15(5-9)7-24(8-15)14(26)23-2-1-10(6-23)12(20)25/h9-10H,1-8H2,(H2,20,25)/t10-/m0/s1. The Bertz CT molecular complexity index is 753. The average Bonchev–Trinajstić information content (AvgIpc) is 3.16. The fraction of sp³-hybridized carbons (Fsp3) is 0.750. The smallest absolute Gasteiger partial charge is 0.369 e. The van der Waals surface area contributed by atoms with Gasteiger partial charge < -0.3 is 15.5 Å². The molecule has 1 saturated carbocycles. The van der Waals surface area contributed by atoms with E-state index in [4.69, 9.17) is 5.73 Å². The second kappa shape index (κ2) is 6.32. The third-order valence-corrected chi connectivity index (χ3v) is 6.55. The molecule has 3 fully saturated rings. The molecule has 148 valence electrons. The van der Waals surface area contributed by atoms with Crippen LogP contribution in [0.25, 0.3) is 0 Å². The van der Waals surface area contributed by atoms with Crippen LogP contribution in [0.15, 0.2) is 0 Å². The van der Waals surface area contributed by atoms with Gasteiger partial charge in [-0.3, -0.25) is 4.79 Å². The van der Waals surface area contributed by atoms with Crippen LogP contribution in [-0.4, -0.2) is 57.3 Å². The maximum absolute atomic E-state index is 12.6. The summed E-state index contributed by atoms with van der Waals surface area (Å²) in [6.07, 6.45) is -1.59. The van der Waals surface area contributed by atoms with Crippen molar-refractivity contribution in [2.24, 2.45) is 23.0 Å². The van der Waals surface area contributed by atoms with Gasteiger partial charge in [-0.05, 0) is 36.7 Å². The molecule has 27 heavy (non-hydrogen) atoms. The molecule has 11 heteroatoms. The van der Waals surface area contributed by atoms with Crippen molar-refractivity contribution in [3.63, 3.8) is 0 Å². The maximum atomic E-state index is 12.6. The fourth-order valence-electron chi connectivity index (χ4n) is 4.53. The number of halogens is 3. The van der Waals surface area contributed by atoms with Crippen LogP contribution in [0.4, 0.5) is 18.0 Å². The van der Waals surface area contributed by atoms with Gasteiger partial charge in [-0.1, -0.05) is 0 Å². The first-order valence-electron chi connectivity index (χ1n) is 8.88. The summed E-state index contributed by atoms with van der Waals surface area (Å²) in [6.45, 7) is 2.28. The highest BCUT2D eigenvalue weighted by atomic mass is 32.1. The van der Waals surface area contributed by atoms with Gasteiger partial charge in [0.1, 0.15) is 5.01 Å². The Labute approximate surface area is 157 Å². The number of rotatable bonds is 3. The monoisotopic (exact) mass is 403 g/mol. The molecule has 1 aromatic rings. The molecule has 2 saturated heterocycles. The molecule has 2 aliphatic heterocycles. The van der Waals surface area contributed by atoms with Crippen molar-refractivity contribution in [3.8, 4) is 0 Å². The van der Waals surface area contributed by atoms with Crippen molar-refractivity contribution in [1.82, 2.24) is 19.2 Å². The zero-order valence-electron chi connectivity index (χ0n) is 14.5. The summed E-state index contributed by atoms with van der Waals surface area (Å²) in [5.41, 5.74) is 5.40. The van der Waals surface area contributed by atoms with Crippen LogP contribution in [0.1, 0.15) is 30.1 Å². The van der Waals surface area contributed by atoms with Crippen LogP contribution in [0.3, 0.4) is 0 Å². The number of carbonyl (C=O) groups is 2. The Balaban J connectivity index is 1.23. The molecule has 0 radical (unpaired) electrons. The minimum atomic E-state index is -4.49. The minimum Gasteiger partial charge on any atom is -0.369 e. The number of hydrogen-bond acceptors (Lipinski definition) is 5. The topological polar surface area (TPSA) is 92.4 Å². The molecule has 1 aliphatic carbocycles. The van der Waals surface area contributed by atoms with E-state index >= 15 is 0 Å². The van der Waals surface area contributed by atoms with Crippen molar-refractivity contribution < 1.29 is 22.8 Å². The van der Waals surface area contributed by atoms with Gasteiger partial charge in [-0.15, -0.1) is 0 Å². The molecule has 2 N–H and O–H groups in total. The van der Waals surface area contributed by atoms with E-state index in [1.807, 2.05) is 0 Å². The van der Waals surface area contributed by atoms with Crippen molar-refractivity contribution in [2.75, 3.05) is 26.2 Å². The molecule has 0 bridgehead atoms. The van der Waals surface area contributed by atoms with Crippen molar-refractivity contribution in [1.29, 1.82) is 0 Å². The molecule has 4 rings (SSSR count). The number of primary amides is 1. The van der Waals surface area contributed by atoms with Gasteiger partial charge in [-0.25, -0.2) is 9.78 Å². The Morgan fingerprint density at radius 3 is 2.52 bits per heavy atom. The number of nitrogens with zero attached hydrogens (tertiary/aromatic N) is 4. The van der Waals surface area contributed by atoms with Gasteiger partial charge in [0, 0.05) is 38.0 Å². The molecule has 3 heterocycles. The number of alkyl halides is 3. The van der Waals surface area contributed by atoms with Crippen LogP contribution in [-0.2, 0) is 17.4 Å². The molecule has 1 spiro atoms. The summed E-state index contributed by atoms with van der Waals surface area (Å²) < 4.78 is 41.0. The average molecular weight is 403 g/mol. The predicted octanol–water partition coefficient (Wildman–Crippen LogP) is 1.74. The van der Waals surface area contributed by atoms with Crippen LogP contribution >= 0.6 is 11.5 Å². The van der Waals surface area contributed by atoms with Crippen LogP contribution in [0.2, 0.25) is 0 Å². The summed E-state index contributed by atoms with van der Waals surface area (Å²) in [7, 11) is 0. The Morgan fingerprint density at radius 2 is 1.96 bits per heavy atom. The van der Waals surface area contributed by atoms with Gasteiger partial charge in [-0.2, -0.15) is 17.5 Å². The lowest BCUT2D eigenvalue weighted by Gasteiger charge is -2.59. The van der Waals surface area contributed by atoms with Crippen LogP contribution in [0, 0.1) is 17.3 Å². The van der Waals surface area contributed by atoms with Gasteiger partial charge in [0.15, 0.2) is 0 Å². The fourth-order valence-corrected chi connectivity index (χ4v) is 5.31. The maximum Gasteiger partial charge on any atom is 0.452 e. The third kappa shape index (κ3) is 3.48. The van der Waals surface area contributed by atoms with E-state index in [2.05, 4.69) is 9.36 Å². The van der Waals surface area contributed by atoms with Gasteiger partial charge in [0.2, 0.25) is 11.7 Å². The van der Waals surface area contributed by atoms with Gasteiger partial charge in [0.25, 0.3) is 0 Å². The number of urea groups is 1. The second-order valence-electron chi connectivity index (χ2n) is 7.96. The number of nitrogens with two attached hydrogens (primary N) is 1. The zero-order chi connectivity index (χ0) is 19.4. The molecular formula is C16H20F3N5O2S. The molecule has 1 atom stereocenters. The highest BCUT2D eigenvalue weighted by Crippen LogP contribution is 2.53.